The summed E-state index contributed by atoms with van der Waals surface area (Å²) in [6.07, 6.45) is -2.56. The molecule has 0 amide bonds. The fourth-order valence-corrected chi connectivity index (χ4v) is 1.87. The topological polar surface area (TPSA) is 22.1 Å². The molecule has 1 aromatic rings. The van der Waals surface area contributed by atoms with E-state index in [-0.39, 0.29) is 5.69 Å². The van der Waals surface area contributed by atoms with Crippen molar-refractivity contribution in [1.82, 2.24) is 4.98 Å². The minimum Gasteiger partial charge on any atom is -0.494 e. The summed E-state index contributed by atoms with van der Waals surface area (Å²) in [5.74, 6) is 0.453. The highest BCUT2D eigenvalue weighted by molar-refractivity contribution is 14.1. The van der Waals surface area contributed by atoms with Crippen LogP contribution in [0.5, 0.6) is 5.75 Å². The van der Waals surface area contributed by atoms with Gasteiger partial charge in [-0.25, -0.2) is 13.8 Å². The van der Waals surface area contributed by atoms with E-state index in [1.165, 1.54) is 13.2 Å². The van der Waals surface area contributed by atoms with Gasteiger partial charge in [-0.1, -0.05) is 0 Å². The molecule has 1 heterocycles. The molecule has 1 rings (SSSR count). The summed E-state index contributed by atoms with van der Waals surface area (Å²) in [5.41, 5.74) is -0.228. The van der Waals surface area contributed by atoms with E-state index in [2.05, 4.69) is 20.9 Å². The van der Waals surface area contributed by atoms with Crippen LogP contribution in [0.2, 0.25) is 0 Å². The lowest BCUT2D eigenvalue weighted by Gasteiger charge is -2.06. The summed E-state index contributed by atoms with van der Waals surface area (Å²) in [6.45, 7) is 0. The summed E-state index contributed by atoms with van der Waals surface area (Å²) in [5, 5.41) is 0. The Morgan fingerprint density at radius 3 is 2.69 bits per heavy atom. The van der Waals surface area contributed by atoms with E-state index in [4.69, 9.17) is 4.74 Å². The van der Waals surface area contributed by atoms with Gasteiger partial charge in [0.15, 0.2) is 5.75 Å². The zero-order chi connectivity index (χ0) is 10.0. The molecule has 0 bridgehead atoms. The molecule has 0 aliphatic rings. The number of nitrogens with zero attached hydrogens (tertiary/aromatic N) is 1. The third-order valence-corrected chi connectivity index (χ3v) is 2.78. The summed E-state index contributed by atoms with van der Waals surface area (Å²) in [7, 11) is 1.46. The van der Waals surface area contributed by atoms with Crippen molar-refractivity contribution in [3.05, 3.63) is 19.9 Å². The Kier molecular flexibility index (Phi) is 3.84. The molecule has 1 aromatic heterocycles. The molecule has 0 aliphatic carbocycles. The molecule has 0 saturated carbocycles. The molecule has 0 fully saturated rings. The molecule has 0 N–H and O–H groups in total. The van der Waals surface area contributed by atoms with Crippen LogP contribution in [0, 0.1) is 3.57 Å². The number of halogens is 4. The molecular weight excluding hydrogens is 359 g/mol. The van der Waals surface area contributed by atoms with Crippen LogP contribution in [0.1, 0.15) is 12.1 Å². The van der Waals surface area contributed by atoms with E-state index < -0.39 is 6.43 Å². The lowest BCUT2D eigenvalue weighted by atomic mass is 10.3. The number of methoxy groups -OCH3 is 1. The van der Waals surface area contributed by atoms with Crippen LogP contribution in [-0.2, 0) is 0 Å². The zero-order valence-electron chi connectivity index (χ0n) is 6.52. The Balaban J connectivity index is 3.20. The van der Waals surface area contributed by atoms with E-state index in [0.29, 0.717) is 13.9 Å². The minimum absolute atomic E-state index is 0.228. The Morgan fingerprint density at radius 1 is 1.62 bits per heavy atom. The SMILES string of the molecule is COc1cc(I)c(C(F)F)nc1Br. The molecule has 0 aromatic carbocycles. The fraction of sp³-hybridized carbons (Fsp3) is 0.286. The van der Waals surface area contributed by atoms with Gasteiger partial charge in [0.1, 0.15) is 10.3 Å². The van der Waals surface area contributed by atoms with Crippen LogP contribution in [-0.4, -0.2) is 12.1 Å². The normalized spacial score (nSPS) is 10.6. The predicted molar refractivity (Wildman–Crippen MR) is 56.2 cm³/mol. The molecule has 6 heteroatoms. The number of ether oxygens (including phenoxy) is 1. The van der Waals surface area contributed by atoms with Gasteiger partial charge in [0.05, 0.1) is 7.11 Å². The van der Waals surface area contributed by atoms with Crippen LogP contribution in [0.3, 0.4) is 0 Å². The van der Waals surface area contributed by atoms with Gasteiger partial charge in [-0.3, -0.25) is 0 Å². The van der Waals surface area contributed by atoms with E-state index in [1.807, 2.05) is 0 Å². The molecule has 0 saturated heterocycles. The average Bonchev–Trinajstić information content (AvgIpc) is 2.07. The van der Waals surface area contributed by atoms with Crippen LogP contribution in [0.15, 0.2) is 10.7 Å². The van der Waals surface area contributed by atoms with Crippen molar-refractivity contribution in [3.8, 4) is 5.75 Å². The van der Waals surface area contributed by atoms with E-state index in [0.717, 1.165) is 0 Å². The number of pyridine rings is 1. The van der Waals surface area contributed by atoms with E-state index in [1.54, 1.807) is 22.6 Å². The molecule has 0 radical (unpaired) electrons. The molecule has 0 unspecified atom stereocenters. The number of rotatable bonds is 2. The highest BCUT2D eigenvalue weighted by atomic mass is 127. The lowest BCUT2D eigenvalue weighted by molar-refractivity contribution is 0.144. The maximum absolute atomic E-state index is 12.3. The monoisotopic (exact) mass is 363 g/mol. The molecule has 2 nitrogen and oxygen atoms in total. The number of hydrogen-bond acceptors (Lipinski definition) is 2. The maximum Gasteiger partial charge on any atom is 0.281 e. The van der Waals surface area contributed by atoms with Crippen LogP contribution in [0.4, 0.5) is 8.78 Å². The van der Waals surface area contributed by atoms with Gasteiger partial charge in [0.2, 0.25) is 0 Å². The quantitative estimate of drug-likeness (QED) is 0.593. The molecule has 0 aliphatic heterocycles. The molecule has 72 valence electrons. The molecular formula is C7H5BrF2INO. The van der Waals surface area contributed by atoms with Crippen molar-refractivity contribution in [3.63, 3.8) is 0 Å². The third kappa shape index (κ3) is 2.49. The predicted octanol–water partition coefficient (Wildman–Crippen LogP) is 3.39. The average molecular weight is 364 g/mol. The van der Waals surface area contributed by atoms with Crippen molar-refractivity contribution in [2.45, 2.75) is 6.43 Å². The first-order chi connectivity index (χ1) is 6.06. The van der Waals surface area contributed by atoms with Crippen molar-refractivity contribution in [1.29, 1.82) is 0 Å². The first-order valence-corrected chi connectivity index (χ1v) is 5.11. The molecule has 0 spiro atoms. The van der Waals surface area contributed by atoms with Crippen molar-refractivity contribution in [2.24, 2.45) is 0 Å². The summed E-state index contributed by atoms with van der Waals surface area (Å²) >= 11 is 4.83. The second kappa shape index (κ2) is 4.50. The van der Waals surface area contributed by atoms with Gasteiger partial charge in [-0.2, -0.15) is 0 Å². The minimum atomic E-state index is -2.56. The lowest BCUT2D eigenvalue weighted by Crippen LogP contribution is -1.97. The van der Waals surface area contributed by atoms with Crippen molar-refractivity contribution in [2.75, 3.05) is 7.11 Å². The van der Waals surface area contributed by atoms with Crippen LogP contribution in [0.25, 0.3) is 0 Å². The number of alkyl halides is 2. The first kappa shape index (κ1) is 11.1. The van der Waals surface area contributed by atoms with E-state index >= 15 is 0 Å². The van der Waals surface area contributed by atoms with Crippen molar-refractivity contribution < 1.29 is 13.5 Å². The highest BCUT2D eigenvalue weighted by Gasteiger charge is 2.16. The smallest absolute Gasteiger partial charge is 0.281 e. The van der Waals surface area contributed by atoms with E-state index in [9.17, 15) is 8.78 Å². The van der Waals surface area contributed by atoms with Gasteiger partial charge in [-0.05, 0) is 44.6 Å². The van der Waals surface area contributed by atoms with Gasteiger partial charge in [-0.15, -0.1) is 0 Å². The Bertz CT molecular complexity index is 322. The highest BCUT2D eigenvalue weighted by Crippen LogP contribution is 2.30. The summed E-state index contributed by atoms with van der Waals surface area (Å²) < 4.78 is 30.2. The second-order valence-corrected chi connectivity index (χ2v) is 4.06. The summed E-state index contributed by atoms with van der Waals surface area (Å²) in [4.78, 5) is 3.68. The fourth-order valence-electron chi connectivity index (χ4n) is 0.759. The Labute approximate surface area is 96.0 Å². The zero-order valence-corrected chi connectivity index (χ0v) is 10.3. The van der Waals surface area contributed by atoms with Gasteiger partial charge >= 0.3 is 0 Å². The van der Waals surface area contributed by atoms with Gasteiger partial charge in [0, 0.05) is 3.57 Å². The van der Waals surface area contributed by atoms with Crippen LogP contribution >= 0.6 is 38.5 Å². The number of aromatic nitrogens is 1. The third-order valence-electron chi connectivity index (χ3n) is 1.35. The van der Waals surface area contributed by atoms with Crippen LogP contribution < -0.4 is 4.74 Å². The Hall–Kier alpha value is 0.0200. The maximum atomic E-state index is 12.3. The van der Waals surface area contributed by atoms with Gasteiger partial charge in [0.25, 0.3) is 6.43 Å². The van der Waals surface area contributed by atoms with Gasteiger partial charge < -0.3 is 4.74 Å². The Morgan fingerprint density at radius 2 is 2.23 bits per heavy atom. The summed E-state index contributed by atoms with van der Waals surface area (Å²) in [6, 6.07) is 1.51. The first-order valence-electron chi connectivity index (χ1n) is 3.24. The molecule has 13 heavy (non-hydrogen) atoms. The standard InChI is InChI=1S/C7H5BrF2INO/c1-13-4-2-3(11)5(7(9)10)12-6(4)8/h2,7H,1H3. The largest absolute Gasteiger partial charge is 0.494 e. The molecule has 0 atom stereocenters. The number of hydrogen-bond donors (Lipinski definition) is 0. The van der Waals surface area contributed by atoms with Crippen molar-refractivity contribution >= 4 is 38.5 Å². The second-order valence-electron chi connectivity index (χ2n) is 2.15.